The normalized spacial score (nSPS) is 47.6. The van der Waals surface area contributed by atoms with Crippen molar-refractivity contribution in [3.8, 4) is 0 Å². The molecule has 0 saturated heterocycles. The standard InChI is InChI=1S/C28H50O9S/c1-16(2)27(32,15-37-38(34,35)36)11-6-17(3)21-13-22(30)24-19-12-23(31)28(33)14-18(29)7-10-26(28,5)20(19)8-9-25(21,24)4/h16-24,29-33H,6-15H2,1-5H3,(H,34,35,36)/t17-,18+,19-,20+,21-,22+,23-,24-,25-,26-,27+,28+/m1/s1. The third-order valence-corrected chi connectivity index (χ3v) is 12.6. The lowest BCUT2D eigenvalue weighted by Gasteiger charge is -2.65. The zero-order valence-corrected chi connectivity index (χ0v) is 24.4. The summed E-state index contributed by atoms with van der Waals surface area (Å²) in [6.45, 7) is 9.51. The topological polar surface area (TPSA) is 165 Å². The van der Waals surface area contributed by atoms with Crippen molar-refractivity contribution < 1.29 is 42.7 Å². The van der Waals surface area contributed by atoms with Crippen molar-refractivity contribution in [2.75, 3.05) is 6.61 Å². The highest BCUT2D eigenvalue weighted by atomic mass is 32.3. The van der Waals surface area contributed by atoms with Crippen LogP contribution in [0.2, 0.25) is 0 Å². The Balaban J connectivity index is 1.52. The van der Waals surface area contributed by atoms with Gasteiger partial charge in [0.15, 0.2) is 0 Å². The summed E-state index contributed by atoms with van der Waals surface area (Å²) in [5.41, 5.74) is -3.42. The van der Waals surface area contributed by atoms with Crippen molar-refractivity contribution in [1.29, 1.82) is 0 Å². The summed E-state index contributed by atoms with van der Waals surface area (Å²) in [6.07, 6.45) is 3.12. The zero-order chi connectivity index (χ0) is 28.5. The second-order valence-electron chi connectivity index (χ2n) is 14.2. The molecule has 0 heterocycles. The van der Waals surface area contributed by atoms with Crippen LogP contribution in [0, 0.1) is 46.3 Å². The minimum Gasteiger partial charge on any atom is -0.393 e. The zero-order valence-electron chi connectivity index (χ0n) is 23.6. The molecule has 0 aromatic rings. The Labute approximate surface area is 227 Å². The summed E-state index contributed by atoms with van der Waals surface area (Å²) in [6, 6.07) is 0. The summed E-state index contributed by atoms with van der Waals surface area (Å²) in [4.78, 5) is 0. The lowest BCUT2D eigenvalue weighted by Crippen LogP contribution is -2.69. The van der Waals surface area contributed by atoms with Crippen molar-refractivity contribution in [3.63, 3.8) is 0 Å². The average Bonchev–Trinajstić information content (AvgIpc) is 3.08. The predicted octanol–water partition coefficient (Wildman–Crippen LogP) is 2.69. The van der Waals surface area contributed by atoms with Crippen molar-refractivity contribution in [1.82, 2.24) is 0 Å². The number of fused-ring (bicyclic) bond motifs is 5. The highest BCUT2D eigenvalue weighted by molar-refractivity contribution is 7.80. The van der Waals surface area contributed by atoms with E-state index in [1.807, 2.05) is 0 Å². The number of aliphatic hydroxyl groups excluding tert-OH is 3. The molecule has 4 aliphatic carbocycles. The fourth-order valence-corrected chi connectivity index (χ4v) is 9.99. The molecule has 0 aliphatic heterocycles. The van der Waals surface area contributed by atoms with E-state index in [2.05, 4.69) is 25.0 Å². The maximum atomic E-state index is 11.7. The van der Waals surface area contributed by atoms with Gasteiger partial charge in [0.1, 0.15) is 0 Å². The van der Waals surface area contributed by atoms with Crippen LogP contribution in [0.3, 0.4) is 0 Å². The van der Waals surface area contributed by atoms with Crippen molar-refractivity contribution in [3.05, 3.63) is 0 Å². The smallest absolute Gasteiger partial charge is 0.393 e. The number of aliphatic hydroxyl groups is 5. The summed E-state index contributed by atoms with van der Waals surface area (Å²) in [5.74, 6) is 0.255. The number of rotatable bonds is 8. The monoisotopic (exact) mass is 562 g/mol. The molecule has 4 rings (SSSR count). The maximum absolute atomic E-state index is 11.7. The van der Waals surface area contributed by atoms with Crippen LogP contribution < -0.4 is 0 Å². The molecule has 6 N–H and O–H groups in total. The average molecular weight is 563 g/mol. The molecule has 0 aromatic carbocycles. The van der Waals surface area contributed by atoms with Gasteiger partial charge in [-0.25, -0.2) is 4.18 Å². The van der Waals surface area contributed by atoms with Gasteiger partial charge in [-0.2, -0.15) is 8.42 Å². The maximum Gasteiger partial charge on any atom is 0.397 e. The SMILES string of the molecule is CC(C)[C@](O)(CC[C@@H](C)[C@H]1C[C@H](O)[C@H]2[C@@H]3C[C@@H](O)[C@@]4(O)C[C@@H](O)CC[C@]4(C)[C@H]3CC[C@@]21C)COS(=O)(=O)O. The molecule has 0 radical (unpaired) electrons. The van der Waals surface area contributed by atoms with Gasteiger partial charge in [-0.3, -0.25) is 4.55 Å². The first-order valence-electron chi connectivity index (χ1n) is 14.5. The van der Waals surface area contributed by atoms with E-state index in [-0.39, 0.29) is 47.3 Å². The van der Waals surface area contributed by atoms with E-state index in [4.69, 9.17) is 4.55 Å². The van der Waals surface area contributed by atoms with E-state index in [1.54, 1.807) is 13.8 Å². The third kappa shape index (κ3) is 4.99. The predicted molar refractivity (Wildman–Crippen MR) is 141 cm³/mol. The second kappa shape index (κ2) is 10.2. The fraction of sp³-hybridized carbons (Fsp3) is 1.00. The van der Waals surface area contributed by atoms with E-state index < -0.39 is 51.9 Å². The lowest BCUT2D eigenvalue weighted by molar-refractivity contribution is -0.268. The van der Waals surface area contributed by atoms with E-state index in [1.165, 1.54) is 0 Å². The minimum absolute atomic E-state index is 0.0107. The van der Waals surface area contributed by atoms with Crippen LogP contribution in [0.5, 0.6) is 0 Å². The van der Waals surface area contributed by atoms with Crippen molar-refractivity contribution in [2.24, 2.45) is 46.3 Å². The Bertz CT molecular complexity index is 973. The Morgan fingerprint density at radius 3 is 2.32 bits per heavy atom. The molecule has 4 fully saturated rings. The van der Waals surface area contributed by atoms with Gasteiger partial charge in [-0.05, 0) is 92.3 Å². The third-order valence-electron chi connectivity index (χ3n) is 12.1. The van der Waals surface area contributed by atoms with Crippen LogP contribution in [0.15, 0.2) is 0 Å². The number of hydrogen-bond acceptors (Lipinski definition) is 8. The summed E-state index contributed by atoms with van der Waals surface area (Å²) < 4.78 is 35.8. The Morgan fingerprint density at radius 1 is 1.05 bits per heavy atom. The first kappa shape index (κ1) is 30.6. The Hall–Kier alpha value is -0.330. The van der Waals surface area contributed by atoms with E-state index >= 15 is 0 Å². The van der Waals surface area contributed by atoms with Gasteiger partial charge < -0.3 is 25.5 Å². The summed E-state index contributed by atoms with van der Waals surface area (Å²) in [5, 5.41) is 55.8. The highest BCUT2D eigenvalue weighted by Gasteiger charge is 2.68. The molecular weight excluding hydrogens is 512 g/mol. The van der Waals surface area contributed by atoms with E-state index in [0.29, 0.717) is 38.5 Å². The first-order chi connectivity index (χ1) is 17.4. The molecule has 9 nitrogen and oxygen atoms in total. The fourth-order valence-electron chi connectivity index (χ4n) is 9.64. The van der Waals surface area contributed by atoms with Crippen LogP contribution in [0.1, 0.15) is 92.4 Å². The molecule has 0 amide bonds. The first-order valence-corrected chi connectivity index (χ1v) is 15.9. The van der Waals surface area contributed by atoms with E-state index in [9.17, 15) is 34.0 Å². The van der Waals surface area contributed by atoms with Gasteiger partial charge in [0, 0.05) is 11.8 Å². The molecule has 4 saturated carbocycles. The molecule has 12 atom stereocenters. The lowest BCUT2D eigenvalue weighted by atomic mass is 9.42. The van der Waals surface area contributed by atoms with Gasteiger partial charge in [0.25, 0.3) is 0 Å². The second-order valence-corrected chi connectivity index (χ2v) is 15.3. The summed E-state index contributed by atoms with van der Waals surface area (Å²) >= 11 is 0. The van der Waals surface area contributed by atoms with Gasteiger partial charge in [0.05, 0.1) is 36.1 Å². The molecule has 0 aromatic heterocycles. The molecular formula is C28H50O9S. The van der Waals surface area contributed by atoms with Gasteiger partial charge in [0.2, 0.25) is 0 Å². The largest absolute Gasteiger partial charge is 0.397 e. The van der Waals surface area contributed by atoms with Gasteiger partial charge in [-0.15, -0.1) is 0 Å². The molecule has 0 bridgehead atoms. The molecule has 222 valence electrons. The summed E-state index contributed by atoms with van der Waals surface area (Å²) in [7, 11) is -4.66. The van der Waals surface area contributed by atoms with Gasteiger partial charge >= 0.3 is 10.4 Å². The van der Waals surface area contributed by atoms with Crippen LogP contribution >= 0.6 is 0 Å². The van der Waals surface area contributed by atoms with E-state index in [0.717, 1.165) is 12.8 Å². The molecule has 10 heteroatoms. The quantitative estimate of drug-likeness (QED) is 0.244. The van der Waals surface area contributed by atoms with Crippen LogP contribution in [-0.4, -0.2) is 74.6 Å². The number of hydrogen-bond donors (Lipinski definition) is 6. The Morgan fingerprint density at radius 2 is 1.71 bits per heavy atom. The van der Waals surface area contributed by atoms with Crippen LogP contribution in [-0.2, 0) is 14.6 Å². The molecule has 4 aliphatic rings. The van der Waals surface area contributed by atoms with Crippen LogP contribution in [0.25, 0.3) is 0 Å². The Kier molecular flexibility index (Phi) is 8.21. The minimum atomic E-state index is -4.66. The van der Waals surface area contributed by atoms with Crippen molar-refractivity contribution in [2.45, 2.75) is 122 Å². The molecule has 38 heavy (non-hydrogen) atoms. The van der Waals surface area contributed by atoms with Crippen LogP contribution in [0.4, 0.5) is 0 Å². The van der Waals surface area contributed by atoms with Crippen molar-refractivity contribution >= 4 is 10.4 Å². The highest BCUT2D eigenvalue weighted by Crippen LogP contribution is 2.69. The molecule has 0 unspecified atom stereocenters. The molecule has 0 spiro atoms. The van der Waals surface area contributed by atoms with Gasteiger partial charge in [-0.1, -0.05) is 34.6 Å².